The summed E-state index contributed by atoms with van der Waals surface area (Å²) in [7, 11) is -2.94. The van der Waals surface area contributed by atoms with Gasteiger partial charge in [-0.1, -0.05) is 37.6 Å². The molecule has 0 bridgehead atoms. The van der Waals surface area contributed by atoms with Crippen LogP contribution in [0.4, 0.5) is 8.78 Å². The third kappa shape index (κ3) is 6.86. The van der Waals surface area contributed by atoms with Gasteiger partial charge in [-0.3, -0.25) is 0 Å². The Morgan fingerprint density at radius 3 is 2.16 bits per heavy atom. The van der Waals surface area contributed by atoms with Crippen molar-refractivity contribution in [2.24, 2.45) is 5.92 Å². The van der Waals surface area contributed by atoms with Gasteiger partial charge in [-0.05, 0) is 75.0 Å². The highest BCUT2D eigenvalue weighted by atomic mass is 35.5. The third-order valence-electron chi connectivity index (χ3n) is 6.68. The topological polar surface area (TPSA) is 57.2 Å². The highest BCUT2D eigenvalue weighted by Crippen LogP contribution is 2.45. The summed E-state index contributed by atoms with van der Waals surface area (Å²) in [6.07, 6.45) is -0.787. The minimum absolute atomic E-state index is 0.0114. The maximum absolute atomic E-state index is 14.8. The SMILES string of the molecule is CC[C@H]1O[C@@](O)(c2ccc(Cl)c(Cc3ccc(OC)c(F)c3F)c2)[C@H](O[Si](C)(C)C)[C@@H](O[Si](C)(C)C)[C@@H]1C. The van der Waals surface area contributed by atoms with E-state index in [0.717, 1.165) is 0 Å². The molecule has 1 N–H and O–H groups in total. The first-order valence-corrected chi connectivity index (χ1v) is 20.3. The second-order valence-electron chi connectivity index (χ2n) is 12.0. The van der Waals surface area contributed by atoms with Crippen LogP contribution in [0.1, 0.15) is 37.0 Å². The van der Waals surface area contributed by atoms with E-state index < -0.39 is 46.3 Å². The maximum Gasteiger partial charge on any atom is 0.221 e. The predicted octanol–water partition coefficient (Wildman–Crippen LogP) is 7.25. The second-order valence-corrected chi connectivity index (χ2v) is 21.3. The van der Waals surface area contributed by atoms with Crippen LogP contribution in [-0.4, -0.2) is 47.2 Å². The van der Waals surface area contributed by atoms with Crippen LogP contribution < -0.4 is 4.74 Å². The molecular formula is C28H41ClF2O5Si2. The molecule has 2 aromatic rings. The minimum atomic E-state index is -2.19. The molecule has 5 atom stereocenters. The summed E-state index contributed by atoms with van der Waals surface area (Å²) in [5.74, 6) is -4.07. The zero-order chi connectivity index (χ0) is 28.6. The van der Waals surface area contributed by atoms with Crippen LogP contribution in [0.15, 0.2) is 30.3 Å². The number of hydrogen-bond donors (Lipinski definition) is 1. The van der Waals surface area contributed by atoms with Gasteiger partial charge in [-0.25, -0.2) is 4.39 Å². The fourth-order valence-electron chi connectivity index (χ4n) is 4.91. The summed E-state index contributed by atoms with van der Waals surface area (Å²) >= 11 is 6.51. The number of methoxy groups -OCH3 is 1. The fourth-order valence-corrected chi connectivity index (χ4v) is 7.31. The van der Waals surface area contributed by atoms with E-state index in [4.69, 9.17) is 29.9 Å². The van der Waals surface area contributed by atoms with Crippen LogP contribution in [-0.2, 0) is 25.8 Å². The zero-order valence-electron chi connectivity index (χ0n) is 23.8. The largest absolute Gasteiger partial charge is 0.494 e. The van der Waals surface area contributed by atoms with Crippen LogP contribution in [0.2, 0.25) is 44.3 Å². The fraction of sp³-hybridized carbons (Fsp3) is 0.571. The molecule has 1 fully saturated rings. The molecule has 0 unspecified atom stereocenters. The molecule has 0 amide bonds. The van der Waals surface area contributed by atoms with E-state index in [2.05, 4.69) is 46.2 Å². The van der Waals surface area contributed by atoms with Gasteiger partial charge < -0.3 is 23.4 Å². The Labute approximate surface area is 232 Å². The molecule has 0 aromatic heterocycles. The van der Waals surface area contributed by atoms with Crippen molar-refractivity contribution in [2.45, 2.75) is 90.1 Å². The molecule has 1 aliphatic rings. The van der Waals surface area contributed by atoms with Crippen molar-refractivity contribution in [2.75, 3.05) is 7.11 Å². The van der Waals surface area contributed by atoms with Gasteiger partial charge in [-0.2, -0.15) is 4.39 Å². The monoisotopic (exact) mass is 586 g/mol. The van der Waals surface area contributed by atoms with Gasteiger partial charge in [0.05, 0.1) is 19.3 Å². The van der Waals surface area contributed by atoms with Crippen molar-refractivity contribution in [1.29, 1.82) is 0 Å². The van der Waals surface area contributed by atoms with E-state index in [1.54, 1.807) is 18.2 Å². The number of benzene rings is 2. The first-order chi connectivity index (χ1) is 17.5. The Kier molecular flexibility index (Phi) is 9.56. The Bertz CT molecular complexity index is 1140. The van der Waals surface area contributed by atoms with E-state index in [9.17, 15) is 13.9 Å². The number of rotatable bonds is 9. The van der Waals surface area contributed by atoms with Crippen LogP contribution >= 0.6 is 11.6 Å². The Morgan fingerprint density at radius 1 is 0.974 bits per heavy atom. The molecule has 1 saturated heterocycles. The van der Waals surface area contributed by atoms with E-state index in [0.29, 0.717) is 22.6 Å². The summed E-state index contributed by atoms with van der Waals surface area (Å²) in [5, 5.41) is 12.7. The summed E-state index contributed by atoms with van der Waals surface area (Å²) in [5.41, 5.74) is 1.07. The molecule has 10 heteroatoms. The van der Waals surface area contributed by atoms with Crippen molar-refractivity contribution in [1.82, 2.24) is 0 Å². The first kappa shape index (κ1) is 31.2. The maximum atomic E-state index is 14.8. The molecule has 2 aromatic carbocycles. The number of aliphatic hydroxyl groups is 1. The Hall–Kier alpha value is -1.34. The summed E-state index contributed by atoms with van der Waals surface area (Å²) in [4.78, 5) is 0. The van der Waals surface area contributed by atoms with Gasteiger partial charge in [0.1, 0.15) is 6.10 Å². The standard InChI is InChI=1S/C28H41ClF2O5Si2/c1-10-22-17(2)26(35-37(4,5)6)27(36-38(7,8)9)28(32,34-22)20-12-13-21(29)19(16-20)15-18-11-14-23(33-3)25(31)24(18)30/h11-14,16-17,22,26-27,32H,10,15H2,1-9H3/t17-,22-,26+,27-,28+/m1/s1. The van der Waals surface area contributed by atoms with Crippen LogP contribution in [0.5, 0.6) is 5.75 Å². The van der Waals surface area contributed by atoms with Crippen LogP contribution in [0.3, 0.4) is 0 Å². The van der Waals surface area contributed by atoms with Crippen molar-refractivity contribution >= 4 is 28.2 Å². The smallest absolute Gasteiger partial charge is 0.221 e. The van der Waals surface area contributed by atoms with Crippen molar-refractivity contribution in [3.8, 4) is 5.75 Å². The van der Waals surface area contributed by atoms with Gasteiger partial charge in [0, 0.05) is 22.9 Å². The lowest BCUT2D eigenvalue weighted by molar-refractivity contribution is -0.339. The quantitative estimate of drug-likeness (QED) is 0.314. The lowest BCUT2D eigenvalue weighted by Gasteiger charge is -2.53. The molecule has 0 spiro atoms. The molecule has 3 rings (SSSR count). The van der Waals surface area contributed by atoms with Crippen molar-refractivity contribution in [3.63, 3.8) is 0 Å². The lowest BCUT2D eigenvalue weighted by Crippen LogP contribution is -2.64. The molecular weight excluding hydrogens is 546 g/mol. The van der Waals surface area contributed by atoms with Gasteiger partial charge in [0.25, 0.3) is 0 Å². The molecule has 1 heterocycles. The lowest BCUT2D eigenvalue weighted by atomic mass is 9.82. The van der Waals surface area contributed by atoms with Gasteiger partial charge in [0.2, 0.25) is 11.6 Å². The predicted molar refractivity (Wildman–Crippen MR) is 152 cm³/mol. The van der Waals surface area contributed by atoms with Gasteiger partial charge >= 0.3 is 0 Å². The van der Waals surface area contributed by atoms with Crippen LogP contribution in [0.25, 0.3) is 0 Å². The average Bonchev–Trinajstić information content (AvgIpc) is 2.81. The highest BCUT2D eigenvalue weighted by Gasteiger charge is 2.56. The molecule has 0 radical (unpaired) electrons. The number of ether oxygens (including phenoxy) is 2. The third-order valence-corrected chi connectivity index (χ3v) is 8.99. The van der Waals surface area contributed by atoms with E-state index in [1.165, 1.54) is 19.2 Å². The summed E-state index contributed by atoms with van der Waals surface area (Å²) in [6.45, 7) is 16.6. The van der Waals surface area contributed by atoms with Crippen molar-refractivity contribution < 1.29 is 32.2 Å². The highest BCUT2D eigenvalue weighted by molar-refractivity contribution is 6.70. The molecule has 212 valence electrons. The Morgan fingerprint density at radius 2 is 1.61 bits per heavy atom. The van der Waals surface area contributed by atoms with Gasteiger partial charge in [-0.15, -0.1) is 0 Å². The molecule has 38 heavy (non-hydrogen) atoms. The van der Waals surface area contributed by atoms with Crippen molar-refractivity contribution in [3.05, 3.63) is 63.7 Å². The normalized spacial score (nSPS) is 26.4. The summed E-state index contributed by atoms with van der Waals surface area (Å²) in [6, 6.07) is 7.89. The summed E-state index contributed by atoms with van der Waals surface area (Å²) < 4.78 is 53.8. The van der Waals surface area contributed by atoms with Crippen LogP contribution in [0, 0.1) is 17.6 Å². The molecule has 1 aliphatic heterocycles. The molecule has 5 nitrogen and oxygen atoms in total. The van der Waals surface area contributed by atoms with Gasteiger partial charge in [0.15, 0.2) is 28.2 Å². The van der Waals surface area contributed by atoms with E-state index in [1.807, 2.05) is 6.92 Å². The number of hydrogen-bond acceptors (Lipinski definition) is 5. The first-order valence-electron chi connectivity index (χ1n) is 13.1. The van der Waals surface area contributed by atoms with E-state index in [-0.39, 0.29) is 29.8 Å². The second kappa shape index (κ2) is 11.6. The van der Waals surface area contributed by atoms with E-state index >= 15 is 0 Å². The molecule has 0 aliphatic carbocycles. The zero-order valence-corrected chi connectivity index (χ0v) is 26.6. The minimum Gasteiger partial charge on any atom is -0.494 e. The molecule has 0 saturated carbocycles. The average molecular weight is 587 g/mol. The Balaban J connectivity index is 2.12. The number of halogens is 3.